The lowest BCUT2D eigenvalue weighted by atomic mass is 10.3. The monoisotopic (exact) mass is 185 g/mol. The first-order valence-electron chi connectivity index (χ1n) is 3.37. The minimum atomic E-state index is -2.98. The molecule has 0 fully saturated rings. The molecule has 0 spiro atoms. The van der Waals surface area contributed by atoms with E-state index in [4.69, 9.17) is 5.73 Å². The Bertz CT molecular complexity index is 426. The summed E-state index contributed by atoms with van der Waals surface area (Å²) in [5.41, 5.74) is 6.52. The van der Waals surface area contributed by atoms with E-state index in [0.717, 1.165) is 0 Å². The van der Waals surface area contributed by atoms with Crippen molar-refractivity contribution in [1.29, 1.82) is 0 Å². The summed E-state index contributed by atoms with van der Waals surface area (Å²) in [5.74, 6) is 0.170. The SMILES string of the molecule is Nc1ncc2c(n1)CS(=O)(=O)C2. The van der Waals surface area contributed by atoms with Crippen molar-refractivity contribution in [1.82, 2.24) is 9.97 Å². The van der Waals surface area contributed by atoms with Gasteiger partial charge in [0.1, 0.15) is 0 Å². The fraction of sp³-hybridized carbons (Fsp3) is 0.333. The van der Waals surface area contributed by atoms with E-state index >= 15 is 0 Å². The lowest BCUT2D eigenvalue weighted by Crippen LogP contribution is -1.98. The van der Waals surface area contributed by atoms with Crippen LogP contribution in [0.1, 0.15) is 11.3 Å². The predicted octanol–water partition coefficient (Wildman–Crippen LogP) is -0.513. The van der Waals surface area contributed by atoms with Crippen molar-refractivity contribution < 1.29 is 8.42 Å². The predicted molar refractivity (Wildman–Crippen MR) is 42.8 cm³/mol. The Balaban J connectivity index is 2.56. The molecule has 1 aliphatic rings. The second kappa shape index (κ2) is 2.16. The molecule has 0 unspecified atom stereocenters. The molecular weight excluding hydrogens is 178 g/mol. The first-order valence-corrected chi connectivity index (χ1v) is 5.20. The standard InChI is InChI=1S/C6H7N3O2S/c7-6-8-1-4-2-12(10,11)3-5(4)9-6/h1H,2-3H2,(H2,7,8,9). The molecule has 0 saturated carbocycles. The second-order valence-electron chi connectivity index (χ2n) is 2.73. The largest absolute Gasteiger partial charge is 0.368 e. The summed E-state index contributed by atoms with van der Waals surface area (Å²) < 4.78 is 22.2. The van der Waals surface area contributed by atoms with Gasteiger partial charge in [-0.25, -0.2) is 18.4 Å². The van der Waals surface area contributed by atoms with Gasteiger partial charge in [0.15, 0.2) is 9.84 Å². The number of fused-ring (bicyclic) bond motifs is 1. The molecule has 0 bridgehead atoms. The van der Waals surface area contributed by atoms with Crippen molar-refractivity contribution in [2.45, 2.75) is 11.5 Å². The van der Waals surface area contributed by atoms with Crippen LogP contribution in [0, 0.1) is 0 Å². The average Bonchev–Trinajstić information content (AvgIpc) is 2.21. The number of sulfone groups is 1. The summed E-state index contributed by atoms with van der Waals surface area (Å²) in [7, 11) is -2.98. The number of nitrogens with zero attached hydrogens (tertiary/aromatic N) is 2. The summed E-state index contributed by atoms with van der Waals surface area (Å²) in [5, 5.41) is 0. The van der Waals surface area contributed by atoms with E-state index in [1.807, 2.05) is 0 Å². The van der Waals surface area contributed by atoms with Crippen molar-refractivity contribution in [3.05, 3.63) is 17.5 Å². The van der Waals surface area contributed by atoms with Gasteiger partial charge in [0.2, 0.25) is 5.95 Å². The fourth-order valence-electron chi connectivity index (χ4n) is 1.20. The Morgan fingerprint density at radius 1 is 1.42 bits per heavy atom. The van der Waals surface area contributed by atoms with Gasteiger partial charge >= 0.3 is 0 Å². The van der Waals surface area contributed by atoms with Gasteiger partial charge in [-0.1, -0.05) is 0 Å². The molecule has 0 aliphatic carbocycles. The van der Waals surface area contributed by atoms with Crippen LogP contribution in [0.15, 0.2) is 6.20 Å². The Labute approximate surface area is 69.6 Å². The van der Waals surface area contributed by atoms with Gasteiger partial charge in [0.25, 0.3) is 0 Å². The quantitative estimate of drug-likeness (QED) is 0.588. The number of anilines is 1. The van der Waals surface area contributed by atoms with E-state index in [2.05, 4.69) is 9.97 Å². The van der Waals surface area contributed by atoms with Crippen LogP contribution in [0.25, 0.3) is 0 Å². The summed E-state index contributed by atoms with van der Waals surface area (Å²) >= 11 is 0. The average molecular weight is 185 g/mol. The van der Waals surface area contributed by atoms with Crippen molar-refractivity contribution >= 4 is 15.8 Å². The van der Waals surface area contributed by atoms with E-state index in [9.17, 15) is 8.42 Å². The molecule has 0 aromatic carbocycles. The van der Waals surface area contributed by atoms with Crippen molar-refractivity contribution in [3.8, 4) is 0 Å². The van der Waals surface area contributed by atoms with Crippen molar-refractivity contribution in [3.63, 3.8) is 0 Å². The lowest BCUT2D eigenvalue weighted by molar-refractivity contribution is 0.598. The van der Waals surface area contributed by atoms with Crippen LogP contribution < -0.4 is 5.73 Å². The van der Waals surface area contributed by atoms with E-state index in [-0.39, 0.29) is 17.5 Å². The number of aromatic nitrogens is 2. The molecule has 2 N–H and O–H groups in total. The first-order chi connectivity index (χ1) is 5.57. The molecule has 1 aromatic rings. The van der Waals surface area contributed by atoms with E-state index in [0.29, 0.717) is 11.3 Å². The minimum absolute atomic E-state index is 0.00491. The van der Waals surface area contributed by atoms with Crippen LogP contribution in [-0.4, -0.2) is 18.4 Å². The molecule has 0 saturated heterocycles. The molecule has 64 valence electrons. The van der Waals surface area contributed by atoms with Crippen LogP contribution in [0.3, 0.4) is 0 Å². The van der Waals surface area contributed by atoms with Gasteiger partial charge in [0.05, 0.1) is 17.2 Å². The molecule has 12 heavy (non-hydrogen) atoms. The van der Waals surface area contributed by atoms with Crippen LogP contribution >= 0.6 is 0 Å². The molecule has 1 aliphatic heterocycles. The second-order valence-corrected chi connectivity index (χ2v) is 4.80. The Kier molecular flexibility index (Phi) is 1.35. The zero-order valence-electron chi connectivity index (χ0n) is 6.19. The topological polar surface area (TPSA) is 85.9 Å². The third-order valence-electron chi connectivity index (χ3n) is 1.70. The number of rotatable bonds is 0. The van der Waals surface area contributed by atoms with Gasteiger partial charge < -0.3 is 5.73 Å². The lowest BCUT2D eigenvalue weighted by Gasteiger charge is -1.94. The summed E-state index contributed by atoms with van der Waals surface area (Å²) in [6.45, 7) is 0. The highest BCUT2D eigenvalue weighted by atomic mass is 32.2. The summed E-state index contributed by atoms with van der Waals surface area (Å²) in [6, 6.07) is 0. The highest BCUT2D eigenvalue weighted by Crippen LogP contribution is 2.22. The van der Waals surface area contributed by atoms with E-state index < -0.39 is 9.84 Å². The molecule has 2 rings (SSSR count). The zero-order chi connectivity index (χ0) is 8.77. The molecule has 0 atom stereocenters. The minimum Gasteiger partial charge on any atom is -0.368 e. The fourth-order valence-corrected chi connectivity index (χ4v) is 2.68. The highest BCUT2D eigenvalue weighted by Gasteiger charge is 2.26. The number of hydrogen-bond acceptors (Lipinski definition) is 5. The van der Waals surface area contributed by atoms with Crippen LogP contribution in [0.2, 0.25) is 0 Å². The van der Waals surface area contributed by atoms with Crippen LogP contribution in [0.4, 0.5) is 5.95 Å². The Morgan fingerprint density at radius 2 is 2.17 bits per heavy atom. The number of nitrogens with two attached hydrogens (primary N) is 1. The molecule has 5 nitrogen and oxygen atoms in total. The molecule has 0 amide bonds. The van der Waals surface area contributed by atoms with Gasteiger partial charge in [-0.15, -0.1) is 0 Å². The van der Waals surface area contributed by atoms with Gasteiger partial charge in [-0.3, -0.25) is 0 Å². The molecule has 0 radical (unpaired) electrons. The van der Waals surface area contributed by atoms with E-state index in [1.54, 1.807) is 0 Å². The Hall–Kier alpha value is -1.17. The zero-order valence-corrected chi connectivity index (χ0v) is 7.00. The third kappa shape index (κ3) is 1.14. The van der Waals surface area contributed by atoms with Gasteiger partial charge in [0, 0.05) is 11.8 Å². The maximum Gasteiger partial charge on any atom is 0.220 e. The molecule has 2 heterocycles. The van der Waals surface area contributed by atoms with Gasteiger partial charge in [-0.2, -0.15) is 0 Å². The Morgan fingerprint density at radius 3 is 2.92 bits per heavy atom. The van der Waals surface area contributed by atoms with Crippen molar-refractivity contribution in [2.75, 3.05) is 5.73 Å². The third-order valence-corrected chi connectivity index (χ3v) is 3.17. The van der Waals surface area contributed by atoms with E-state index in [1.165, 1.54) is 6.20 Å². The summed E-state index contributed by atoms with van der Waals surface area (Å²) in [4.78, 5) is 7.56. The first kappa shape index (κ1) is 7.48. The van der Waals surface area contributed by atoms with Crippen LogP contribution in [0.5, 0.6) is 0 Å². The van der Waals surface area contributed by atoms with Crippen molar-refractivity contribution in [2.24, 2.45) is 0 Å². The highest BCUT2D eigenvalue weighted by molar-refractivity contribution is 7.90. The van der Waals surface area contributed by atoms with Gasteiger partial charge in [-0.05, 0) is 0 Å². The summed E-state index contributed by atoms with van der Waals surface area (Å²) in [6.07, 6.45) is 1.47. The number of hydrogen-bond donors (Lipinski definition) is 1. The molecule has 6 heteroatoms. The maximum atomic E-state index is 11.1. The van der Waals surface area contributed by atoms with Crippen LogP contribution in [-0.2, 0) is 21.3 Å². The smallest absolute Gasteiger partial charge is 0.220 e. The maximum absolute atomic E-state index is 11.1. The normalized spacial score (nSPS) is 19.0. The number of nitrogen functional groups attached to an aromatic ring is 1. The molecule has 1 aromatic heterocycles. The molecular formula is C6H7N3O2S.